The van der Waals surface area contributed by atoms with Gasteiger partial charge in [0.2, 0.25) is 0 Å². The Labute approximate surface area is 166 Å². The summed E-state index contributed by atoms with van der Waals surface area (Å²) >= 11 is 6.14. The molecule has 0 bridgehead atoms. The molecule has 0 saturated carbocycles. The molecule has 0 spiro atoms. The first kappa shape index (κ1) is 21.6. The highest BCUT2D eigenvalue weighted by molar-refractivity contribution is 6.35. The van der Waals surface area contributed by atoms with Crippen LogP contribution in [0.4, 0.5) is 15.8 Å². The van der Waals surface area contributed by atoms with Gasteiger partial charge >= 0.3 is 0 Å². The van der Waals surface area contributed by atoms with Crippen LogP contribution in [0.3, 0.4) is 0 Å². The van der Waals surface area contributed by atoms with Crippen molar-refractivity contribution in [2.24, 2.45) is 0 Å². The van der Waals surface area contributed by atoms with Gasteiger partial charge in [0.05, 0.1) is 35.1 Å². The fraction of sp³-hybridized carbons (Fsp3) is 0.263. The topological polar surface area (TPSA) is 99.3 Å². The lowest BCUT2D eigenvalue weighted by atomic mass is 10.2. The molecule has 3 rings (SSSR count). The van der Waals surface area contributed by atoms with Gasteiger partial charge in [-0.05, 0) is 24.6 Å². The maximum absolute atomic E-state index is 14.2. The molecule has 3 aromatic rings. The number of nitrogens with one attached hydrogen (secondary N) is 3. The van der Waals surface area contributed by atoms with Crippen LogP contribution < -0.4 is 10.8 Å². The molecule has 0 atom stereocenters. The van der Waals surface area contributed by atoms with E-state index in [-0.39, 0.29) is 24.6 Å². The number of anilines is 2. The largest absolute Gasteiger partial charge is 0.394 e. The highest BCUT2D eigenvalue weighted by Crippen LogP contribution is 2.34. The van der Waals surface area contributed by atoms with Gasteiger partial charge in [-0.15, -0.1) is 0 Å². The summed E-state index contributed by atoms with van der Waals surface area (Å²) in [6.07, 6.45) is 2.94. The monoisotopic (exact) mass is 408 g/mol. The van der Waals surface area contributed by atoms with Crippen molar-refractivity contribution in [3.8, 4) is 0 Å². The number of hydrogen-bond donors (Lipinski definition) is 4. The van der Waals surface area contributed by atoms with E-state index >= 15 is 0 Å². The van der Waals surface area contributed by atoms with Crippen molar-refractivity contribution in [3.63, 3.8) is 0 Å². The Bertz CT molecular complexity index is 962. The van der Waals surface area contributed by atoms with Crippen molar-refractivity contribution >= 4 is 39.8 Å². The van der Waals surface area contributed by atoms with Gasteiger partial charge in [-0.3, -0.25) is 14.6 Å². The number of H-pyrrole nitrogens is 1. The van der Waals surface area contributed by atoms with E-state index < -0.39 is 11.7 Å². The fourth-order valence-electron chi connectivity index (χ4n) is 2.44. The zero-order valence-corrected chi connectivity index (χ0v) is 16.5. The molecule has 0 aliphatic heterocycles. The summed E-state index contributed by atoms with van der Waals surface area (Å²) in [5, 5.41) is 12.5. The van der Waals surface area contributed by atoms with Gasteiger partial charge in [0.15, 0.2) is 0 Å². The van der Waals surface area contributed by atoms with Crippen molar-refractivity contribution in [1.29, 1.82) is 0 Å². The number of hydrogen-bond acceptors (Lipinski definition) is 5. The van der Waals surface area contributed by atoms with Gasteiger partial charge in [0.25, 0.3) is 5.91 Å². The summed E-state index contributed by atoms with van der Waals surface area (Å²) in [4.78, 5) is 24.2. The van der Waals surface area contributed by atoms with E-state index in [1.807, 2.05) is 13.8 Å². The zero-order valence-electron chi connectivity index (χ0n) is 15.8. The summed E-state index contributed by atoms with van der Waals surface area (Å²) in [5.41, 5.74) is 4.04. The van der Waals surface area contributed by atoms with E-state index in [0.29, 0.717) is 21.6 Å². The molecule has 1 aromatic carbocycles. The number of nitrogens with zero attached hydrogens (tertiary/aromatic N) is 1. The number of rotatable bonds is 6. The van der Waals surface area contributed by atoms with Crippen LogP contribution in [0.1, 0.15) is 29.9 Å². The molecule has 28 heavy (non-hydrogen) atoms. The molecule has 0 aliphatic carbocycles. The summed E-state index contributed by atoms with van der Waals surface area (Å²) < 4.78 is 14.2. The Kier molecular flexibility index (Phi) is 7.74. The average molecular weight is 409 g/mol. The second-order valence-corrected chi connectivity index (χ2v) is 5.94. The minimum Gasteiger partial charge on any atom is -0.394 e. The average Bonchev–Trinajstić information content (AvgIpc) is 3.06. The van der Waals surface area contributed by atoms with E-state index in [2.05, 4.69) is 20.8 Å². The number of aryl methyl sites for hydroxylation is 1. The highest BCUT2D eigenvalue weighted by atomic mass is 35.5. The number of amides is 1. The zero-order chi connectivity index (χ0) is 20.7. The van der Waals surface area contributed by atoms with Gasteiger partial charge in [-0.1, -0.05) is 31.5 Å². The van der Waals surface area contributed by atoms with Gasteiger partial charge in [-0.25, -0.2) is 9.87 Å². The molecule has 4 N–H and O–H groups in total. The maximum atomic E-state index is 14.2. The number of pyridine rings is 1. The van der Waals surface area contributed by atoms with Gasteiger partial charge in [0.1, 0.15) is 11.5 Å². The number of aromatic amines is 1. The number of aromatic nitrogens is 2. The molecule has 150 valence electrons. The molecule has 7 nitrogen and oxygen atoms in total. The third kappa shape index (κ3) is 4.78. The molecule has 0 saturated heterocycles. The summed E-state index contributed by atoms with van der Waals surface area (Å²) in [6.45, 7) is 5.46. The van der Waals surface area contributed by atoms with Gasteiger partial charge in [0, 0.05) is 17.8 Å². The van der Waals surface area contributed by atoms with Crippen LogP contribution in [-0.4, -0.2) is 34.2 Å². The number of benzene rings is 1. The molecule has 9 heteroatoms. The third-order valence-electron chi connectivity index (χ3n) is 3.64. The minimum absolute atomic E-state index is 0.0658. The molecule has 0 aliphatic rings. The Morgan fingerprint density at radius 3 is 2.79 bits per heavy atom. The summed E-state index contributed by atoms with van der Waals surface area (Å²) in [6, 6.07) is 4.70. The first-order chi connectivity index (χ1) is 13.5. The third-order valence-corrected chi connectivity index (χ3v) is 3.93. The van der Waals surface area contributed by atoms with Crippen LogP contribution in [0, 0.1) is 12.7 Å². The molecule has 0 fully saturated rings. The molecule has 2 heterocycles. The van der Waals surface area contributed by atoms with Crippen LogP contribution in [0.15, 0.2) is 30.6 Å². The SMILES string of the molecule is CC.Cc1ccc(Nc2c(C(=O)NOCCO)[nH]c3c(Cl)cncc23)c(F)c1. The lowest BCUT2D eigenvalue weighted by Gasteiger charge is -2.10. The maximum Gasteiger partial charge on any atom is 0.293 e. The number of carbonyl (C=O) groups is 1. The van der Waals surface area contributed by atoms with E-state index in [1.165, 1.54) is 18.5 Å². The van der Waals surface area contributed by atoms with Crippen molar-refractivity contribution in [2.45, 2.75) is 20.8 Å². The second kappa shape index (κ2) is 10.0. The highest BCUT2D eigenvalue weighted by Gasteiger charge is 2.21. The number of carbonyl (C=O) groups excluding carboxylic acids is 1. The molecule has 0 radical (unpaired) electrons. The van der Waals surface area contributed by atoms with E-state index in [0.717, 1.165) is 5.56 Å². The Balaban J connectivity index is 0.00000136. The van der Waals surface area contributed by atoms with E-state index in [9.17, 15) is 9.18 Å². The number of aliphatic hydroxyl groups excluding tert-OH is 1. The lowest BCUT2D eigenvalue weighted by Crippen LogP contribution is -2.26. The predicted octanol–water partition coefficient (Wildman–Crippen LogP) is 4.09. The number of fused-ring (bicyclic) bond motifs is 1. The normalized spacial score (nSPS) is 10.4. The smallest absolute Gasteiger partial charge is 0.293 e. The van der Waals surface area contributed by atoms with Crippen molar-refractivity contribution in [3.05, 3.63) is 52.7 Å². The first-order valence-corrected chi connectivity index (χ1v) is 9.10. The summed E-state index contributed by atoms with van der Waals surface area (Å²) in [5.74, 6) is -1.07. The molecular formula is C19H22ClFN4O3. The quantitative estimate of drug-likeness (QED) is 0.363. The van der Waals surface area contributed by atoms with E-state index in [4.69, 9.17) is 21.5 Å². The number of hydroxylamine groups is 1. The molecular weight excluding hydrogens is 387 g/mol. The van der Waals surface area contributed by atoms with Crippen molar-refractivity contribution in [2.75, 3.05) is 18.5 Å². The fourth-order valence-corrected chi connectivity index (χ4v) is 2.65. The van der Waals surface area contributed by atoms with Crippen LogP contribution in [0.25, 0.3) is 10.9 Å². The van der Waals surface area contributed by atoms with Crippen LogP contribution in [0.2, 0.25) is 5.02 Å². The Hall–Kier alpha value is -2.68. The van der Waals surface area contributed by atoms with Crippen molar-refractivity contribution < 1.29 is 19.1 Å². The van der Waals surface area contributed by atoms with Gasteiger partial charge in [-0.2, -0.15) is 0 Å². The lowest BCUT2D eigenvalue weighted by molar-refractivity contribution is 0.0166. The number of halogens is 2. The molecule has 1 amide bonds. The predicted molar refractivity (Wildman–Crippen MR) is 107 cm³/mol. The van der Waals surface area contributed by atoms with Crippen LogP contribution in [0.5, 0.6) is 0 Å². The van der Waals surface area contributed by atoms with Crippen LogP contribution >= 0.6 is 11.6 Å². The standard InChI is InChI=1S/C17H16ClFN4O3.C2H6/c1-9-2-3-13(12(19)6-9)21-15-10-7-20-8-11(18)14(10)22-16(15)17(25)23-26-5-4-24;1-2/h2-3,6-8,21-22,24H,4-5H2,1H3,(H,23,25);1-2H3. The molecule has 2 aromatic heterocycles. The van der Waals surface area contributed by atoms with Crippen LogP contribution in [-0.2, 0) is 4.84 Å². The first-order valence-electron chi connectivity index (χ1n) is 8.72. The van der Waals surface area contributed by atoms with E-state index in [1.54, 1.807) is 19.1 Å². The Morgan fingerprint density at radius 1 is 1.36 bits per heavy atom. The minimum atomic E-state index is -0.610. The van der Waals surface area contributed by atoms with Gasteiger partial charge < -0.3 is 15.4 Å². The Morgan fingerprint density at radius 2 is 2.11 bits per heavy atom. The van der Waals surface area contributed by atoms with Crippen molar-refractivity contribution in [1.82, 2.24) is 15.4 Å². The number of aliphatic hydroxyl groups is 1. The molecule has 0 unspecified atom stereocenters. The second-order valence-electron chi connectivity index (χ2n) is 5.53. The summed E-state index contributed by atoms with van der Waals surface area (Å²) in [7, 11) is 0.